The predicted molar refractivity (Wildman–Crippen MR) is 82.9 cm³/mol. The molecular weight excluding hydrogens is 357 g/mol. The van der Waals surface area contributed by atoms with Gasteiger partial charge in [-0.1, -0.05) is 22.8 Å². The first-order chi connectivity index (χ1) is 11.9. The third-order valence-corrected chi connectivity index (χ3v) is 4.77. The lowest BCUT2D eigenvalue weighted by atomic mass is 9.95. The monoisotopic (exact) mass is 368 g/mol. The molecule has 2 aromatic heterocycles. The maximum absolute atomic E-state index is 13.3. The van der Waals surface area contributed by atoms with Crippen molar-refractivity contribution in [1.82, 2.24) is 19.9 Å². The highest BCUT2D eigenvalue weighted by molar-refractivity contribution is 6.31. The molecule has 0 saturated heterocycles. The van der Waals surface area contributed by atoms with Gasteiger partial charge in [0.15, 0.2) is 5.82 Å². The molecule has 0 spiro atoms. The van der Waals surface area contributed by atoms with Crippen LogP contribution in [0, 0.1) is 5.82 Å². The molecule has 2 heterocycles. The Kier molecular flexibility index (Phi) is 3.61. The Balaban J connectivity index is 1.76. The zero-order valence-electron chi connectivity index (χ0n) is 13.0. The van der Waals surface area contributed by atoms with E-state index in [0.29, 0.717) is 24.2 Å². The van der Waals surface area contributed by atoms with Gasteiger partial charge in [-0.15, -0.1) is 0 Å². The summed E-state index contributed by atoms with van der Waals surface area (Å²) >= 11 is 6.16. The van der Waals surface area contributed by atoms with E-state index >= 15 is 0 Å². The van der Waals surface area contributed by atoms with Crippen molar-refractivity contribution in [3.63, 3.8) is 0 Å². The zero-order valence-corrected chi connectivity index (χ0v) is 13.8. The number of benzene rings is 1. The number of halogens is 4. The molecule has 130 valence electrons. The van der Waals surface area contributed by atoms with Crippen LogP contribution < -0.4 is 0 Å². The molecule has 1 aromatic carbocycles. The highest BCUT2D eigenvalue weighted by atomic mass is 35.5. The first-order valence-corrected chi connectivity index (χ1v) is 7.90. The van der Waals surface area contributed by atoms with Gasteiger partial charge in [0.25, 0.3) is 12.3 Å². The Morgan fingerprint density at radius 2 is 2.08 bits per heavy atom. The lowest BCUT2D eigenvalue weighted by Gasteiger charge is -2.12. The average molecular weight is 369 g/mol. The summed E-state index contributed by atoms with van der Waals surface area (Å²) in [6.07, 6.45) is -0.205. The Morgan fingerprint density at radius 3 is 2.72 bits per heavy atom. The maximum Gasteiger partial charge on any atom is 0.276 e. The third-order valence-electron chi connectivity index (χ3n) is 4.46. The minimum atomic E-state index is -2.71. The summed E-state index contributed by atoms with van der Waals surface area (Å²) in [6.45, 7) is 0. The molecule has 3 aromatic rings. The Labute approximate surface area is 145 Å². The first-order valence-electron chi connectivity index (χ1n) is 7.52. The molecule has 0 N–H and O–H groups in total. The van der Waals surface area contributed by atoms with Crippen molar-refractivity contribution in [1.29, 1.82) is 0 Å². The number of alkyl halides is 2. The van der Waals surface area contributed by atoms with Gasteiger partial charge in [0.1, 0.15) is 11.5 Å². The first kappa shape index (κ1) is 16.1. The minimum Gasteiger partial charge on any atom is -0.332 e. The van der Waals surface area contributed by atoms with E-state index in [9.17, 15) is 13.2 Å². The molecule has 1 saturated carbocycles. The van der Waals surface area contributed by atoms with Crippen LogP contribution in [0.5, 0.6) is 0 Å². The van der Waals surface area contributed by atoms with E-state index in [2.05, 4.69) is 15.2 Å². The Hall–Kier alpha value is -2.35. The molecule has 0 bridgehead atoms. The maximum atomic E-state index is 13.3. The Morgan fingerprint density at radius 1 is 1.32 bits per heavy atom. The predicted octanol–water partition coefficient (Wildman–Crippen LogP) is 4.28. The molecule has 25 heavy (non-hydrogen) atoms. The molecule has 0 amide bonds. The molecule has 4 rings (SSSR count). The standard InChI is InChI=1S/C16H12ClF3N4O/c1-24-12(9(7-21-24)13(19)20)14-22-15(23-25-14)16(4-5-16)10-3-2-8(18)6-11(10)17/h2-3,6-7,13H,4-5H2,1H3. The summed E-state index contributed by atoms with van der Waals surface area (Å²) in [5.74, 6) is -0.123. The fourth-order valence-electron chi connectivity index (χ4n) is 3.01. The van der Waals surface area contributed by atoms with Gasteiger partial charge in [0, 0.05) is 12.1 Å². The van der Waals surface area contributed by atoms with Crippen LogP contribution in [-0.4, -0.2) is 19.9 Å². The van der Waals surface area contributed by atoms with Gasteiger partial charge in [-0.05, 0) is 30.5 Å². The van der Waals surface area contributed by atoms with Crippen molar-refractivity contribution in [3.05, 3.63) is 52.2 Å². The molecule has 1 aliphatic carbocycles. The number of hydrogen-bond donors (Lipinski definition) is 0. The summed E-state index contributed by atoms with van der Waals surface area (Å²) in [6, 6.07) is 4.14. The van der Waals surface area contributed by atoms with Crippen LogP contribution in [0.2, 0.25) is 5.02 Å². The van der Waals surface area contributed by atoms with Crippen LogP contribution in [-0.2, 0) is 12.5 Å². The molecule has 5 nitrogen and oxygen atoms in total. The topological polar surface area (TPSA) is 56.7 Å². The molecule has 1 fully saturated rings. The van der Waals surface area contributed by atoms with Gasteiger partial charge >= 0.3 is 0 Å². The number of aryl methyl sites for hydroxylation is 1. The fourth-order valence-corrected chi connectivity index (χ4v) is 3.35. The van der Waals surface area contributed by atoms with E-state index in [1.54, 1.807) is 6.07 Å². The summed E-state index contributed by atoms with van der Waals surface area (Å²) in [4.78, 5) is 4.31. The van der Waals surface area contributed by atoms with Crippen molar-refractivity contribution in [2.45, 2.75) is 24.7 Å². The van der Waals surface area contributed by atoms with E-state index in [1.807, 2.05) is 0 Å². The van der Waals surface area contributed by atoms with Gasteiger partial charge < -0.3 is 4.52 Å². The van der Waals surface area contributed by atoms with Gasteiger partial charge in [-0.25, -0.2) is 13.2 Å². The number of rotatable bonds is 4. The van der Waals surface area contributed by atoms with Crippen LogP contribution in [0.3, 0.4) is 0 Å². The van der Waals surface area contributed by atoms with Crippen molar-refractivity contribution in [2.24, 2.45) is 7.05 Å². The lowest BCUT2D eigenvalue weighted by molar-refractivity contribution is 0.151. The quantitative estimate of drug-likeness (QED) is 0.689. The van der Waals surface area contributed by atoms with E-state index < -0.39 is 17.7 Å². The normalized spacial score (nSPS) is 15.8. The van der Waals surface area contributed by atoms with Gasteiger partial charge in [0.2, 0.25) is 0 Å². The fraction of sp³-hybridized carbons (Fsp3) is 0.312. The molecule has 0 aliphatic heterocycles. The van der Waals surface area contributed by atoms with E-state index in [0.717, 1.165) is 6.20 Å². The van der Waals surface area contributed by atoms with Crippen molar-refractivity contribution in [2.75, 3.05) is 0 Å². The van der Waals surface area contributed by atoms with E-state index in [1.165, 1.54) is 23.9 Å². The second kappa shape index (κ2) is 5.59. The zero-order chi connectivity index (χ0) is 17.8. The summed E-state index contributed by atoms with van der Waals surface area (Å²) in [7, 11) is 1.52. The van der Waals surface area contributed by atoms with Gasteiger partial charge in [0.05, 0.1) is 17.2 Å². The number of aromatic nitrogens is 4. The van der Waals surface area contributed by atoms with E-state index in [-0.39, 0.29) is 22.2 Å². The molecule has 9 heteroatoms. The molecule has 0 atom stereocenters. The van der Waals surface area contributed by atoms with Crippen molar-refractivity contribution in [3.8, 4) is 11.6 Å². The summed E-state index contributed by atoms with van der Waals surface area (Å²) in [5.41, 5.74) is -0.0741. The molecule has 0 unspecified atom stereocenters. The van der Waals surface area contributed by atoms with Gasteiger partial charge in [-0.3, -0.25) is 4.68 Å². The van der Waals surface area contributed by atoms with Crippen LogP contribution in [0.15, 0.2) is 28.9 Å². The largest absolute Gasteiger partial charge is 0.332 e. The molecular formula is C16H12ClF3N4O. The van der Waals surface area contributed by atoms with Crippen LogP contribution >= 0.6 is 11.6 Å². The Bertz CT molecular complexity index is 949. The summed E-state index contributed by atoms with van der Waals surface area (Å²) in [5, 5.41) is 8.07. The highest BCUT2D eigenvalue weighted by Crippen LogP contribution is 2.54. The van der Waals surface area contributed by atoms with E-state index in [4.69, 9.17) is 16.1 Å². The van der Waals surface area contributed by atoms with Crippen molar-refractivity contribution >= 4 is 11.6 Å². The van der Waals surface area contributed by atoms with Crippen LogP contribution in [0.4, 0.5) is 13.2 Å². The lowest BCUT2D eigenvalue weighted by Crippen LogP contribution is -2.12. The third kappa shape index (κ3) is 2.52. The molecule has 1 aliphatic rings. The second-order valence-corrected chi connectivity index (χ2v) is 6.41. The second-order valence-electron chi connectivity index (χ2n) is 6.00. The highest BCUT2D eigenvalue weighted by Gasteiger charge is 2.51. The van der Waals surface area contributed by atoms with Crippen LogP contribution in [0.25, 0.3) is 11.6 Å². The number of nitrogens with zero attached hydrogens (tertiary/aromatic N) is 4. The number of hydrogen-bond acceptors (Lipinski definition) is 4. The van der Waals surface area contributed by atoms with Crippen LogP contribution in [0.1, 0.15) is 36.2 Å². The van der Waals surface area contributed by atoms with Gasteiger partial charge in [-0.2, -0.15) is 10.1 Å². The smallest absolute Gasteiger partial charge is 0.276 e. The average Bonchev–Trinajstić information content (AvgIpc) is 3.02. The SMILES string of the molecule is Cn1ncc(C(F)F)c1-c1nc(C2(c3ccc(F)cc3Cl)CC2)no1. The molecule has 0 radical (unpaired) electrons. The van der Waals surface area contributed by atoms with Crippen molar-refractivity contribution < 1.29 is 17.7 Å². The minimum absolute atomic E-state index is 0.0326. The summed E-state index contributed by atoms with van der Waals surface area (Å²) < 4.78 is 46.1.